The van der Waals surface area contributed by atoms with Crippen molar-refractivity contribution in [3.63, 3.8) is 0 Å². The van der Waals surface area contributed by atoms with E-state index in [-0.39, 0.29) is 18.1 Å². The highest BCUT2D eigenvalue weighted by Crippen LogP contribution is 2.14. The highest BCUT2D eigenvalue weighted by molar-refractivity contribution is 6.33. The van der Waals surface area contributed by atoms with Crippen molar-refractivity contribution in [2.45, 2.75) is 13.0 Å². The Morgan fingerprint density at radius 2 is 2.33 bits per heavy atom. The first kappa shape index (κ1) is 9.35. The second-order valence-corrected chi connectivity index (χ2v) is 2.93. The normalized spacial score (nSPS) is 10.2. The molecule has 6 heteroatoms. The quantitative estimate of drug-likeness (QED) is 0.823. The van der Waals surface area contributed by atoms with Gasteiger partial charge in [0.25, 0.3) is 0 Å². The maximum absolute atomic E-state index is 10.2. The first-order valence-electron chi connectivity index (χ1n) is 3.20. The molecule has 0 aliphatic heterocycles. The van der Waals surface area contributed by atoms with E-state index >= 15 is 0 Å². The molecule has 0 saturated heterocycles. The zero-order valence-corrected chi connectivity index (χ0v) is 7.51. The fraction of sp³-hybridized carbons (Fsp3) is 0.333. The minimum atomic E-state index is -0.891. The van der Waals surface area contributed by atoms with Gasteiger partial charge in [-0.3, -0.25) is 9.48 Å². The third kappa shape index (κ3) is 2.39. The average molecular weight is 209 g/mol. The maximum atomic E-state index is 10.2. The summed E-state index contributed by atoms with van der Waals surface area (Å²) >= 11 is 11.2. The molecule has 0 unspecified atom stereocenters. The number of aryl methyl sites for hydroxylation is 1. The van der Waals surface area contributed by atoms with Gasteiger partial charge in [-0.2, -0.15) is 5.10 Å². The number of hydrogen-bond acceptors (Lipinski definition) is 2. The average Bonchev–Trinajstić information content (AvgIpc) is 2.26. The highest BCUT2D eigenvalue weighted by atomic mass is 35.5. The molecule has 0 radical (unpaired) electrons. The summed E-state index contributed by atoms with van der Waals surface area (Å²) in [7, 11) is 0. The van der Waals surface area contributed by atoms with Crippen LogP contribution >= 0.6 is 23.2 Å². The number of halogens is 2. The predicted octanol–water partition coefficient (Wildman–Crippen LogP) is 1.66. The number of hydrogen-bond donors (Lipinski definition) is 1. The Hall–Kier alpha value is -0.740. The molecular weight excluding hydrogens is 203 g/mol. The zero-order valence-electron chi connectivity index (χ0n) is 6.00. The molecule has 0 aromatic carbocycles. The highest BCUT2D eigenvalue weighted by Gasteiger charge is 2.05. The van der Waals surface area contributed by atoms with Gasteiger partial charge in [0, 0.05) is 6.07 Å². The van der Waals surface area contributed by atoms with Gasteiger partial charge < -0.3 is 5.11 Å². The van der Waals surface area contributed by atoms with E-state index in [0.29, 0.717) is 5.15 Å². The lowest BCUT2D eigenvalue weighted by atomic mass is 10.4. The Kier molecular flexibility index (Phi) is 2.94. The Bertz CT molecular complexity index is 298. The summed E-state index contributed by atoms with van der Waals surface area (Å²) in [6, 6.07) is 1.46. The van der Waals surface area contributed by atoms with E-state index in [2.05, 4.69) is 5.10 Å². The van der Waals surface area contributed by atoms with Crippen LogP contribution in [0.15, 0.2) is 6.07 Å². The van der Waals surface area contributed by atoms with Gasteiger partial charge in [-0.15, -0.1) is 0 Å². The first-order chi connectivity index (χ1) is 5.59. The van der Waals surface area contributed by atoms with Crippen molar-refractivity contribution in [2.75, 3.05) is 0 Å². The van der Waals surface area contributed by atoms with Gasteiger partial charge in [0.05, 0.1) is 13.0 Å². The Balaban J connectivity index is 2.62. The summed E-state index contributed by atoms with van der Waals surface area (Å²) in [5.74, 6) is -0.891. The summed E-state index contributed by atoms with van der Waals surface area (Å²) in [6.45, 7) is 0.237. The second kappa shape index (κ2) is 3.78. The van der Waals surface area contributed by atoms with Crippen molar-refractivity contribution in [2.24, 2.45) is 0 Å². The van der Waals surface area contributed by atoms with E-state index in [1.165, 1.54) is 10.7 Å². The molecule has 12 heavy (non-hydrogen) atoms. The lowest BCUT2D eigenvalue weighted by Crippen LogP contribution is -2.05. The van der Waals surface area contributed by atoms with Crippen LogP contribution in [-0.2, 0) is 11.3 Å². The number of carbonyl (C=O) groups is 1. The van der Waals surface area contributed by atoms with E-state index in [4.69, 9.17) is 28.3 Å². The molecule has 0 aliphatic carbocycles. The van der Waals surface area contributed by atoms with Crippen molar-refractivity contribution >= 4 is 29.2 Å². The number of aromatic nitrogens is 2. The molecule has 0 amide bonds. The summed E-state index contributed by atoms with van der Waals surface area (Å²) in [6.07, 6.45) is -0.0161. The van der Waals surface area contributed by atoms with E-state index in [1.807, 2.05) is 0 Å². The third-order valence-corrected chi connectivity index (χ3v) is 1.73. The molecule has 0 saturated carbocycles. The Morgan fingerprint density at radius 1 is 1.67 bits per heavy atom. The molecule has 1 N–H and O–H groups in total. The van der Waals surface area contributed by atoms with Crippen LogP contribution in [0.25, 0.3) is 0 Å². The van der Waals surface area contributed by atoms with Gasteiger partial charge in [0.1, 0.15) is 5.15 Å². The molecule has 0 atom stereocenters. The largest absolute Gasteiger partial charge is 0.481 e. The molecule has 66 valence electrons. The number of nitrogens with zero attached hydrogens (tertiary/aromatic N) is 2. The SMILES string of the molecule is O=C(O)CCn1nc(Cl)cc1Cl. The van der Waals surface area contributed by atoms with Gasteiger partial charge in [-0.05, 0) is 0 Å². The van der Waals surface area contributed by atoms with Crippen LogP contribution in [0.4, 0.5) is 0 Å². The molecule has 0 bridgehead atoms. The van der Waals surface area contributed by atoms with Gasteiger partial charge in [-0.1, -0.05) is 23.2 Å². The van der Waals surface area contributed by atoms with E-state index < -0.39 is 5.97 Å². The van der Waals surface area contributed by atoms with Gasteiger partial charge >= 0.3 is 5.97 Å². The van der Waals surface area contributed by atoms with Crippen LogP contribution in [-0.4, -0.2) is 20.9 Å². The summed E-state index contributed by atoms with van der Waals surface area (Å²) in [5.41, 5.74) is 0. The molecule has 0 fully saturated rings. The number of rotatable bonds is 3. The molecular formula is C6H6Cl2N2O2. The van der Waals surface area contributed by atoms with Crippen LogP contribution in [0.5, 0.6) is 0 Å². The number of carboxylic acids is 1. The lowest BCUT2D eigenvalue weighted by molar-refractivity contribution is -0.137. The standard InChI is InChI=1S/C6H6Cl2N2O2/c7-4-3-5(8)10(9-4)2-1-6(11)12/h3H,1-2H2,(H,11,12). The van der Waals surface area contributed by atoms with Crippen LogP contribution in [0.3, 0.4) is 0 Å². The summed E-state index contributed by atoms with van der Waals surface area (Å²) in [4.78, 5) is 10.2. The molecule has 1 aromatic rings. The smallest absolute Gasteiger partial charge is 0.305 e. The van der Waals surface area contributed by atoms with Crippen molar-refractivity contribution in [3.05, 3.63) is 16.4 Å². The minimum Gasteiger partial charge on any atom is -0.481 e. The second-order valence-electron chi connectivity index (χ2n) is 2.16. The van der Waals surface area contributed by atoms with Crippen molar-refractivity contribution in [1.82, 2.24) is 9.78 Å². The lowest BCUT2D eigenvalue weighted by Gasteiger charge is -1.98. The van der Waals surface area contributed by atoms with Crippen LogP contribution in [0.2, 0.25) is 10.3 Å². The third-order valence-electron chi connectivity index (χ3n) is 1.24. The Labute approximate surface area is 78.7 Å². The van der Waals surface area contributed by atoms with E-state index in [0.717, 1.165) is 0 Å². The topological polar surface area (TPSA) is 55.1 Å². The van der Waals surface area contributed by atoms with Crippen molar-refractivity contribution in [3.8, 4) is 0 Å². The zero-order chi connectivity index (χ0) is 9.14. The Morgan fingerprint density at radius 3 is 2.75 bits per heavy atom. The fourth-order valence-corrected chi connectivity index (χ4v) is 1.20. The van der Waals surface area contributed by atoms with Gasteiger partial charge in [-0.25, -0.2) is 0 Å². The van der Waals surface area contributed by atoms with Gasteiger partial charge in [0.15, 0.2) is 5.15 Å². The van der Waals surface area contributed by atoms with E-state index in [9.17, 15) is 4.79 Å². The molecule has 0 aliphatic rings. The van der Waals surface area contributed by atoms with E-state index in [1.54, 1.807) is 0 Å². The number of aliphatic carboxylic acids is 1. The van der Waals surface area contributed by atoms with Crippen LogP contribution < -0.4 is 0 Å². The maximum Gasteiger partial charge on any atom is 0.305 e. The summed E-state index contributed by atoms with van der Waals surface area (Å²) in [5, 5.41) is 12.7. The van der Waals surface area contributed by atoms with Crippen LogP contribution in [0, 0.1) is 0 Å². The van der Waals surface area contributed by atoms with Crippen molar-refractivity contribution in [1.29, 1.82) is 0 Å². The molecule has 1 heterocycles. The van der Waals surface area contributed by atoms with Crippen LogP contribution in [0.1, 0.15) is 6.42 Å². The van der Waals surface area contributed by atoms with Crippen molar-refractivity contribution < 1.29 is 9.90 Å². The minimum absolute atomic E-state index is 0.0161. The fourth-order valence-electron chi connectivity index (χ4n) is 0.723. The first-order valence-corrected chi connectivity index (χ1v) is 3.96. The molecule has 1 rings (SSSR count). The predicted molar refractivity (Wildman–Crippen MR) is 44.5 cm³/mol. The monoisotopic (exact) mass is 208 g/mol. The number of carboxylic acid groups (broad SMARTS) is 1. The molecule has 4 nitrogen and oxygen atoms in total. The van der Waals surface area contributed by atoms with Gasteiger partial charge in [0.2, 0.25) is 0 Å². The molecule has 0 spiro atoms. The summed E-state index contributed by atoms with van der Waals surface area (Å²) < 4.78 is 1.35. The molecule has 1 aromatic heterocycles.